The maximum atomic E-state index is 2.63. The summed E-state index contributed by atoms with van der Waals surface area (Å²) in [4.78, 5) is 5.25. The van der Waals surface area contributed by atoms with Crippen molar-refractivity contribution in [1.29, 1.82) is 0 Å². The lowest BCUT2D eigenvalue weighted by molar-refractivity contribution is 0.506. The van der Waals surface area contributed by atoms with E-state index in [4.69, 9.17) is 0 Å². The smallest absolute Gasteiger partial charge is 0.264 e. The van der Waals surface area contributed by atoms with E-state index in [1.165, 1.54) is 126 Å². The lowest BCUT2D eigenvalue weighted by Gasteiger charge is -2.44. The maximum absolute atomic E-state index is 2.63. The molecule has 2 aliphatic heterocycles. The normalized spacial score (nSPS) is 13.9. The molecule has 0 spiro atoms. The Morgan fingerprint density at radius 3 is 1.58 bits per heavy atom. The molecule has 10 aromatic rings. The van der Waals surface area contributed by atoms with Gasteiger partial charge in [-0.05, 0) is 160 Å². The van der Waals surface area contributed by atoms with Crippen molar-refractivity contribution in [2.75, 3.05) is 9.80 Å². The van der Waals surface area contributed by atoms with Crippen LogP contribution in [0, 0.1) is 0 Å². The average molecular weight is 941 g/mol. The Hall–Kier alpha value is -6.62. The molecule has 0 radical (unpaired) electrons. The zero-order chi connectivity index (χ0) is 49.5. The number of thiophene rings is 1. The predicted molar refractivity (Wildman–Crippen MR) is 313 cm³/mol. The quantitative estimate of drug-likeness (QED) is 0.125. The van der Waals surface area contributed by atoms with E-state index < -0.39 is 0 Å². The first-order valence-electron chi connectivity index (χ1n) is 25.8. The van der Waals surface area contributed by atoms with Crippen LogP contribution in [0.25, 0.3) is 53.5 Å². The molecule has 2 aliphatic rings. The summed E-state index contributed by atoms with van der Waals surface area (Å²) in [7, 11) is 0. The Bertz CT molecular complexity index is 3760. The van der Waals surface area contributed by atoms with E-state index in [9.17, 15) is 0 Å². The van der Waals surface area contributed by atoms with Gasteiger partial charge in [-0.1, -0.05) is 186 Å². The van der Waals surface area contributed by atoms with Gasteiger partial charge in [-0.15, -0.1) is 11.3 Å². The van der Waals surface area contributed by atoms with Crippen molar-refractivity contribution in [2.45, 2.75) is 111 Å². The van der Waals surface area contributed by atoms with Gasteiger partial charge >= 0.3 is 0 Å². The molecule has 0 aliphatic carbocycles. The van der Waals surface area contributed by atoms with Gasteiger partial charge in [0.1, 0.15) is 0 Å². The molecule has 0 atom stereocenters. The molecule has 9 aromatic carbocycles. The van der Waals surface area contributed by atoms with Crippen LogP contribution < -0.4 is 25.5 Å². The van der Waals surface area contributed by atoms with E-state index >= 15 is 0 Å². The Morgan fingerprint density at radius 2 is 0.958 bits per heavy atom. The van der Waals surface area contributed by atoms with Gasteiger partial charge in [-0.25, -0.2) is 0 Å². The van der Waals surface area contributed by atoms with E-state index in [-0.39, 0.29) is 28.4 Å². The molecule has 3 heterocycles. The van der Waals surface area contributed by atoms with Crippen molar-refractivity contribution < 1.29 is 0 Å². The highest BCUT2D eigenvalue weighted by Crippen LogP contribution is 2.51. The standard InChI is InChI=1S/C67H65BN2S/c1-13-67(11,12)45-29-35-57-55(40-45)68-61-58(69(46-31-26-42(27-32-46)64(2,3)4)62-54-39-44(66(8,9)10)30-36-60(54)71-63(62)68)23-18-24-59(61)70(57)56-34-28-43(65(5,6)7)38-52(56)41-25-33-51-49-21-15-14-19-47(49)48-20-16-17-22-50(48)53(51)37-41/h14-40H,13H2,1-12H3. The van der Waals surface area contributed by atoms with E-state index in [2.05, 4.69) is 257 Å². The molecular formula is C67H65BN2S. The Balaban J connectivity index is 1.17. The summed E-state index contributed by atoms with van der Waals surface area (Å²) < 4.78 is 2.74. The first-order valence-corrected chi connectivity index (χ1v) is 26.7. The first-order chi connectivity index (χ1) is 33.8. The van der Waals surface area contributed by atoms with Crippen molar-refractivity contribution in [3.8, 4) is 11.1 Å². The third kappa shape index (κ3) is 7.18. The van der Waals surface area contributed by atoms with Crippen LogP contribution in [-0.2, 0) is 21.7 Å². The second-order valence-corrected chi connectivity index (χ2v) is 25.3. The second kappa shape index (κ2) is 15.9. The fourth-order valence-electron chi connectivity index (χ4n) is 11.7. The number of nitrogens with zero attached hydrogens (tertiary/aromatic N) is 2. The molecule has 352 valence electrons. The highest BCUT2D eigenvalue weighted by atomic mass is 32.1. The zero-order valence-corrected chi connectivity index (χ0v) is 44.5. The second-order valence-electron chi connectivity index (χ2n) is 24.2. The predicted octanol–water partition coefficient (Wildman–Crippen LogP) is 17.7. The summed E-state index contributed by atoms with van der Waals surface area (Å²) in [6, 6.07) is 63.7. The molecule has 1 aromatic heterocycles. The average Bonchev–Trinajstić information content (AvgIpc) is 3.74. The van der Waals surface area contributed by atoms with Crippen LogP contribution >= 0.6 is 11.3 Å². The van der Waals surface area contributed by atoms with Gasteiger partial charge in [0.15, 0.2) is 0 Å². The Labute approximate surface area is 426 Å². The third-order valence-electron chi connectivity index (χ3n) is 16.3. The zero-order valence-electron chi connectivity index (χ0n) is 43.7. The summed E-state index contributed by atoms with van der Waals surface area (Å²) in [6.07, 6.45) is 1.05. The van der Waals surface area contributed by atoms with Crippen LogP contribution in [0.2, 0.25) is 0 Å². The molecule has 0 saturated heterocycles. The number of hydrogen-bond acceptors (Lipinski definition) is 3. The summed E-state index contributed by atoms with van der Waals surface area (Å²) >= 11 is 1.99. The third-order valence-corrected chi connectivity index (χ3v) is 17.5. The minimum atomic E-state index is -0.0576. The van der Waals surface area contributed by atoms with Gasteiger partial charge in [0, 0.05) is 43.2 Å². The first kappa shape index (κ1) is 45.5. The number of rotatable bonds is 5. The lowest BCUT2D eigenvalue weighted by atomic mass is 9.36. The van der Waals surface area contributed by atoms with Crippen LogP contribution in [0.1, 0.15) is 112 Å². The Morgan fingerprint density at radius 1 is 0.423 bits per heavy atom. The van der Waals surface area contributed by atoms with E-state index in [0.717, 1.165) is 6.42 Å². The maximum Gasteiger partial charge on any atom is 0.264 e. The molecule has 71 heavy (non-hydrogen) atoms. The van der Waals surface area contributed by atoms with Crippen LogP contribution in [-0.4, -0.2) is 6.71 Å². The van der Waals surface area contributed by atoms with Crippen molar-refractivity contribution in [3.05, 3.63) is 186 Å². The largest absolute Gasteiger partial charge is 0.311 e. The van der Waals surface area contributed by atoms with Crippen molar-refractivity contribution in [3.63, 3.8) is 0 Å². The fraction of sp³-hybridized carbons (Fsp3) is 0.254. The SMILES string of the molecule is CCC(C)(C)c1ccc2c(c1)B1c3sc4ccc(C(C)(C)C)cc4c3N(c3ccc(C(C)(C)C)cc3)c3cccc(c31)N2c1ccc(C(C)(C)C)cc1-c1ccc2c3ccccc3c3ccccc3c2c1. The van der Waals surface area contributed by atoms with Crippen LogP contribution in [0.15, 0.2) is 164 Å². The molecule has 0 bridgehead atoms. The van der Waals surface area contributed by atoms with Gasteiger partial charge < -0.3 is 9.80 Å². The highest BCUT2D eigenvalue weighted by molar-refractivity contribution is 7.33. The lowest BCUT2D eigenvalue weighted by Crippen LogP contribution is -2.60. The van der Waals surface area contributed by atoms with Gasteiger partial charge in [0.2, 0.25) is 0 Å². The van der Waals surface area contributed by atoms with Crippen LogP contribution in [0.3, 0.4) is 0 Å². The molecule has 0 unspecified atom stereocenters. The molecule has 0 saturated carbocycles. The fourth-order valence-corrected chi connectivity index (χ4v) is 13.0. The summed E-state index contributed by atoms with van der Waals surface area (Å²) in [5, 5.41) is 9.08. The van der Waals surface area contributed by atoms with E-state index in [1.54, 1.807) is 0 Å². The van der Waals surface area contributed by atoms with Gasteiger partial charge in [-0.3, -0.25) is 0 Å². The summed E-state index contributed by atoms with van der Waals surface area (Å²) in [6.45, 7) is 28.2. The summed E-state index contributed by atoms with van der Waals surface area (Å²) in [5.41, 5.74) is 18.0. The highest BCUT2D eigenvalue weighted by Gasteiger charge is 2.46. The topological polar surface area (TPSA) is 6.48 Å². The number of benzene rings is 9. The van der Waals surface area contributed by atoms with Gasteiger partial charge in [-0.2, -0.15) is 0 Å². The number of hydrogen-bond donors (Lipinski definition) is 0. The minimum absolute atomic E-state index is 0.00266. The van der Waals surface area contributed by atoms with Crippen molar-refractivity contribution in [2.24, 2.45) is 0 Å². The van der Waals surface area contributed by atoms with Crippen LogP contribution in [0.4, 0.5) is 34.1 Å². The molecule has 0 amide bonds. The van der Waals surface area contributed by atoms with Crippen molar-refractivity contribution in [1.82, 2.24) is 0 Å². The molecule has 12 rings (SSSR count). The molecule has 0 fully saturated rings. The minimum Gasteiger partial charge on any atom is -0.311 e. The molecule has 4 heteroatoms. The van der Waals surface area contributed by atoms with Crippen molar-refractivity contribution >= 4 is 110 Å². The molecular weight excluding hydrogens is 876 g/mol. The number of anilines is 6. The number of fused-ring (bicyclic) bond motifs is 12. The monoisotopic (exact) mass is 940 g/mol. The summed E-state index contributed by atoms with van der Waals surface area (Å²) in [5.74, 6) is 0. The van der Waals surface area contributed by atoms with Gasteiger partial charge in [0.05, 0.1) is 11.4 Å². The van der Waals surface area contributed by atoms with E-state index in [0.29, 0.717) is 0 Å². The molecule has 2 nitrogen and oxygen atoms in total. The van der Waals surface area contributed by atoms with Crippen LogP contribution in [0.5, 0.6) is 0 Å². The Kier molecular flexibility index (Phi) is 10.2. The van der Waals surface area contributed by atoms with E-state index in [1.807, 2.05) is 11.3 Å². The van der Waals surface area contributed by atoms with Gasteiger partial charge in [0.25, 0.3) is 6.71 Å². The molecule has 0 N–H and O–H groups in total.